The first-order chi connectivity index (χ1) is 14.1. The number of aliphatic imine (C=N–C) groups is 1. The van der Waals surface area contributed by atoms with Gasteiger partial charge in [0.25, 0.3) is 0 Å². The number of rotatable bonds is 12. The van der Waals surface area contributed by atoms with Gasteiger partial charge in [-0.3, -0.25) is 9.79 Å². The van der Waals surface area contributed by atoms with E-state index >= 15 is 0 Å². The molecule has 1 aliphatic heterocycles. The number of nitrogens with zero attached hydrogens (tertiary/aromatic N) is 2. The number of piperidine rings is 1. The number of nitrogens with two attached hydrogens (primary N) is 1. The van der Waals surface area contributed by atoms with Crippen LogP contribution >= 0.6 is 0 Å². The Morgan fingerprint density at radius 2 is 2.03 bits per heavy atom. The van der Waals surface area contributed by atoms with Crippen LogP contribution in [0.15, 0.2) is 4.99 Å². The molecule has 1 saturated heterocycles. The topological polar surface area (TPSA) is 92.0 Å². The molecule has 0 aromatic carbocycles. The summed E-state index contributed by atoms with van der Waals surface area (Å²) in [4.78, 5) is 18.7. The monoisotopic (exact) mass is 409 g/mol. The van der Waals surface area contributed by atoms with Crippen molar-refractivity contribution >= 4 is 11.9 Å². The molecule has 1 heterocycles. The third kappa shape index (κ3) is 8.51. The predicted molar refractivity (Wildman–Crippen MR) is 119 cm³/mol. The molecule has 1 unspecified atom stereocenters. The normalized spacial score (nSPS) is 22.6. The lowest BCUT2D eigenvalue weighted by Gasteiger charge is -2.31. The summed E-state index contributed by atoms with van der Waals surface area (Å²) in [5, 5.41) is 6.88. The number of ether oxygens (including phenoxy) is 1. The predicted octanol–water partition coefficient (Wildman–Crippen LogP) is 2.12. The lowest BCUT2D eigenvalue weighted by molar-refractivity contribution is -0.123. The second-order valence-electron chi connectivity index (χ2n) is 8.67. The van der Waals surface area contributed by atoms with Crippen LogP contribution in [0.3, 0.4) is 0 Å². The Labute approximate surface area is 177 Å². The molecule has 1 amide bonds. The molecule has 1 atom stereocenters. The van der Waals surface area contributed by atoms with Crippen LogP contribution in [-0.4, -0.2) is 69.2 Å². The van der Waals surface area contributed by atoms with Crippen molar-refractivity contribution in [2.24, 2.45) is 22.1 Å². The third-order valence-corrected chi connectivity index (χ3v) is 6.41. The summed E-state index contributed by atoms with van der Waals surface area (Å²) in [6.07, 6.45) is 9.30. The van der Waals surface area contributed by atoms with Crippen LogP contribution < -0.4 is 16.4 Å². The Kier molecular flexibility index (Phi) is 10.8. The van der Waals surface area contributed by atoms with Gasteiger partial charge in [-0.05, 0) is 70.9 Å². The minimum absolute atomic E-state index is 0.0230. The lowest BCUT2D eigenvalue weighted by Crippen LogP contribution is -2.43. The van der Waals surface area contributed by atoms with Crippen molar-refractivity contribution in [3.05, 3.63) is 0 Å². The molecule has 2 fully saturated rings. The largest absolute Gasteiger partial charge is 0.382 e. The molecular formula is C22H43N5O2. The second kappa shape index (κ2) is 13.1. The highest BCUT2D eigenvalue weighted by atomic mass is 16.5. The van der Waals surface area contributed by atoms with Gasteiger partial charge in [0.1, 0.15) is 0 Å². The minimum Gasteiger partial charge on any atom is -0.382 e. The number of carbonyl (C=O) groups is 1. The Bertz CT molecular complexity index is 505. The summed E-state index contributed by atoms with van der Waals surface area (Å²) in [7, 11) is 0. The molecule has 168 valence electrons. The average Bonchev–Trinajstić information content (AvgIpc) is 3.19. The van der Waals surface area contributed by atoms with Gasteiger partial charge in [0.05, 0.1) is 5.92 Å². The van der Waals surface area contributed by atoms with Gasteiger partial charge < -0.3 is 26.0 Å². The number of hydrogen-bond donors (Lipinski definition) is 3. The highest BCUT2D eigenvalue weighted by molar-refractivity contribution is 5.79. The van der Waals surface area contributed by atoms with E-state index in [1.165, 1.54) is 25.7 Å². The average molecular weight is 410 g/mol. The summed E-state index contributed by atoms with van der Waals surface area (Å²) >= 11 is 0. The smallest absolute Gasteiger partial charge is 0.221 e. The SMILES string of the molecule is CCNC(=NCC1(CCOCC)CCCC1)NCCCN1CCCC(C(N)=O)C1. The fraction of sp³-hybridized carbons (Fsp3) is 0.909. The molecule has 2 aliphatic rings. The minimum atomic E-state index is -0.153. The first-order valence-corrected chi connectivity index (χ1v) is 11.7. The van der Waals surface area contributed by atoms with Crippen LogP contribution in [-0.2, 0) is 9.53 Å². The van der Waals surface area contributed by atoms with Crippen molar-refractivity contribution < 1.29 is 9.53 Å². The van der Waals surface area contributed by atoms with Crippen LogP contribution in [0.1, 0.15) is 65.2 Å². The molecule has 0 aromatic heterocycles. The van der Waals surface area contributed by atoms with E-state index in [1.54, 1.807) is 0 Å². The van der Waals surface area contributed by atoms with E-state index in [9.17, 15) is 4.79 Å². The fourth-order valence-corrected chi connectivity index (χ4v) is 4.63. The maximum absolute atomic E-state index is 11.4. The van der Waals surface area contributed by atoms with E-state index in [0.717, 1.165) is 84.1 Å². The van der Waals surface area contributed by atoms with Crippen molar-refractivity contribution in [2.75, 3.05) is 52.5 Å². The van der Waals surface area contributed by atoms with Gasteiger partial charge in [0.15, 0.2) is 5.96 Å². The second-order valence-corrected chi connectivity index (χ2v) is 8.67. The maximum atomic E-state index is 11.4. The molecule has 0 bridgehead atoms. The zero-order valence-corrected chi connectivity index (χ0v) is 18.7. The van der Waals surface area contributed by atoms with E-state index in [1.807, 2.05) is 0 Å². The zero-order valence-electron chi connectivity index (χ0n) is 18.7. The Morgan fingerprint density at radius 1 is 1.24 bits per heavy atom. The number of likely N-dealkylation sites (tertiary alicyclic amines) is 1. The fourth-order valence-electron chi connectivity index (χ4n) is 4.63. The van der Waals surface area contributed by atoms with Crippen molar-refractivity contribution in [3.63, 3.8) is 0 Å². The first-order valence-electron chi connectivity index (χ1n) is 11.7. The number of amides is 1. The number of nitrogens with one attached hydrogen (secondary N) is 2. The number of guanidine groups is 1. The third-order valence-electron chi connectivity index (χ3n) is 6.41. The van der Waals surface area contributed by atoms with Crippen LogP contribution in [0.5, 0.6) is 0 Å². The van der Waals surface area contributed by atoms with Gasteiger partial charge in [0.2, 0.25) is 5.91 Å². The molecule has 2 rings (SSSR count). The number of hydrogen-bond acceptors (Lipinski definition) is 4. The van der Waals surface area contributed by atoms with Crippen LogP contribution in [0, 0.1) is 11.3 Å². The highest BCUT2D eigenvalue weighted by Crippen LogP contribution is 2.41. The van der Waals surface area contributed by atoms with Gasteiger partial charge in [-0.15, -0.1) is 0 Å². The van der Waals surface area contributed by atoms with Crippen molar-refractivity contribution in [1.29, 1.82) is 0 Å². The van der Waals surface area contributed by atoms with E-state index < -0.39 is 0 Å². The van der Waals surface area contributed by atoms with Gasteiger partial charge in [0, 0.05) is 39.4 Å². The molecule has 1 saturated carbocycles. The molecular weight excluding hydrogens is 366 g/mol. The highest BCUT2D eigenvalue weighted by Gasteiger charge is 2.33. The Morgan fingerprint density at radius 3 is 2.72 bits per heavy atom. The van der Waals surface area contributed by atoms with Crippen molar-refractivity contribution in [2.45, 2.75) is 65.2 Å². The standard InChI is InChI=1S/C22H43N5O2/c1-3-24-21(26-18-22(10-5-6-11-22)12-16-29-4-2)25-13-8-15-27-14-7-9-19(17-27)20(23)28/h19H,3-18H2,1-2H3,(H2,23,28)(H2,24,25,26). The molecule has 4 N–H and O–H groups in total. The van der Waals surface area contributed by atoms with Gasteiger partial charge in [-0.1, -0.05) is 12.8 Å². The Hall–Kier alpha value is -1.34. The van der Waals surface area contributed by atoms with Crippen molar-refractivity contribution in [3.8, 4) is 0 Å². The molecule has 0 radical (unpaired) electrons. The van der Waals surface area contributed by atoms with Gasteiger partial charge >= 0.3 is 0 Å². The Balaban J connectivity index is 1.75. The summed E-state index contributed by atoms with van der Waals surface area (Å²) in [5.41, 5.74) is 5.80. The maximum Gasteiger partial charge on any atom is 0.221 e. The van der Waals surface area contributed by atoms with Crippen LogP contribution in [0.2, 0.25) is 0 Å². The van der Waals surface area contributed by atoms with E-state index in [0.29, 0.717) is 5.41 Å². The summed E-state index contributed by atoms with van der Waals surface area (Å²) in [6, 6.07) is 0. The summed E-state index contributed by atoms with van der Waals surface area (Å²) < 4.78 is 5.62. The van der Waals surface area contributed by atoms with Gasteiger partial charge in [-0.25, -0.2) is 0 Å². The van der Waals surface area contributed by atoms with Crippen molar-refractivity contribution in [1.82, 2.24) is 15.5 Å². The molecule has 7 nitrogen and oxygen atoms in total. The molecule has 29 heavy (non-hydrogen) atoms. The first kappa shape index (κ1) is 23.9. The zero-order chi connectivity index (χ0) is 21.0. The van der Waals surface area contributed by atoms with Crippen LogP contribution in [0.4, 0.5) is 0 Å². The molecule has 7 heteroatoms. The van der Waals surface area contributed by atoms with E-state index in [2.05, 4.69) is 29.4 Å². The molecule has 1 aliphatic carbocycles. The quantitative estimate of drug-likeness (QED) is 0.261. The molecule has 0 aromatic rings. The van der Waals surface area contributed by atoms with Gasteiger partial charge in [-0.2, -0.15) is 0 Å². The summed E-state index contributed by atoms with van der Waals surface area (Å²) in [5.74, 6) is 0.790. The number of carbonyl (C=O) groups excluding carboxylic acids is 1. The molecule has 0 spiro atoms. The van der Waals surface area contributed by atoms with Crippen LogP contribution in [0.25, 0.3) is 0 Å². The van der Waals surface area contributed by atoms with E-state index in [4.69, 9.17) is 15.5 Å². The summed E-state index contributed by atoms with van der Waals surface area (Å²) in [6.45, 7) is 11.3. The number of primary amides is 1. The van der Waals surface area contributed by atoms with E-state index in [-0.39, 0.29) is 11.8 Å². The lowest BCUT2D eigenvalue weighted by atomic mass is 9.83.